The summed E-state index contributed by atoms with van der Waals surface area (Å²) >= 11 is 3.43. The number of hydrogen-bond acceptors (Lipinski definition) is 5. The summed E-state index contributed by atoms with van der Waals surface area (Å²) in [4.78, 5) is 23.0. The minimum Gasteiger partial charge on any atom is -0.493 e. The lowest BCUT2D eigenvalue weighted by Gasteiger charge is -2.24. The van der Waals surface area contributed by atoms with Gasteiger partial charge in [-0.05, 0) is 38.5 Å². The van der Waals surface area contributed by atoms with E-state index in [0.29, 0.717) is 21.5 Å². The van der Waals surface area contributed by atoms with Gasteiger partial charge in [0.15, 0.2) is 11.5 Å². The number of aldehydes is 1. The maximum atomic E-state index is 12.0. The summed E-state index contributed by atoms with van der Waals surface area (Å²) in [5.41, 5.74) is 0.0746. The van der Waals surface area contributed by atoms with Gasteiger partial charge < -0.3 is 24.3 Å². The molecular weight excluding hydrogens is 366 g/mol. The average Bonchev–Trinajstić information content (AvgIpc) is 2.44. The third-order valence-corrected chi connectivity index (χ3v) is 3.59. The number of benzene rings is 1. The summed E-state index contributed by atoms with van der Waals surface area (Å²) in [5.74, 6) is 1.05. The van der Waals surface area contributed by atoms with Gasteiger partial charge in [0.1, 0.15) is 11.9 Å². The van der Waals surface area contributed by atoms with Crippen molar-refractivity contribution < 1.29 is 23.8 Å². The van der Waals surface area contributed by atoms with Crippen LogP contribution in [-0.4, -0.2) is 32.2 Å². The molecule has 1 atom stereocenters. The molecule has 0 aliphatic carbocycles. The molecule has 128 valence electrons. The van der Waals surface area contributed by atoms with Crippen molar-refractivity contribution in [1.29, 1.82) is 0 Å². The van der Waals surface area contributed by atoms with Crippen molar-refractivity contribution in [2.24, 2.45) is 0 Å². The molecule has 0 bridgehead atoms. The number of rotatable bonds is 6. The lowest BCUT2D eigenvalue weighted by Crippen LogP contribution is -2.35. The van der Waals surface area contributed by atoms with Crippen LogP contribution in [0.15, 0.2) is 16.6 Å². The van der Waals surface area contributed by atoms with E-state index >= 15 is 0 Å². The normalized spacial score (nSPS) is 12.3. The quantitative estimate of drug-likeness (QED) is 0.754. The average molecular weight is 388 g/mol. The summed E-state index contributed by atoms with van der Waals surface area (Å²) < 4.78 is 16.4. The van der Waals surface area contributed by atoms with E-state index in [1.807, 2.05) is 0 Å². The van der Waals surface area contributed by atoms with Gasteiger partial charge in [0.05, 0.1) is 20.3 Å². The van der Waals surface area contributed by atoms with Crippen LogP contribution in [0.5, 0.6) is 11.5 Å². The smallest absolute Gasteiger partial charge is 0.408 e. The zero-order valence-electron chi connectivity index (χ0n) is 13.9. The topological polar surface area (TPSA) is 73.9 Å². The monoisotopic (exact) mass is 387 g/mol. The van der Waals surface area contributed by atoms with Crippen LogP contribution in [0.2, 0.25) is 0 Å². The molecule has 0 saturated heterocycles. The van der Waals surface area contributed by atoms with Gasteiger partial charge in [-0.15, -0.1) is 0 Å². The maximum Gasteiger partial charge on any atom is 0.408 e. The number of halogens is 1. The molecule has 7 heteroatoms. The molecular formula is C16H22BrNO5. The highest BCUT2D eigenvalue weighted by Crippen LogP contribution is 2.36. The third-order valence-electron chi connectivity index (χ3n) is 2.90. The van der Waals surface area contributed by atoms with Crippen molar-refractivity contribution in [3.05, 3.63) is 22.2 Å². The van der Waals surface area contributed by atoms with Crippen LogP contribution in [0.3, 0.4) is 0 Å². The second-order valence-electron chi connectivity index (χ2n) is 5.83. The van der Waals surface area contributed by atoms with Crippen molar-refractivity contribution in [2.45, 2.75) is 38.8 Å². The molecule has 6 nitrogen and oxygen atoms in total. The zero-order valence-corrected chi connectivity index (χ0v) is 15.5. The second kappa shape index (κ2) is 8.19. The number of hydrogen-bond donors (Lipinski definition) is 1. The summed E-state index contributed by atoms with van der Waals surface area (Å²) in [6, 6.07) is 2.90. The predicted octanol–water partition coefficient (Wildman–Crippen LogP) is 3.62. The molecule has 0 heterocycles. The van der Waals surface area contributed by atoms with Crippen molar-refractivity contribution in [3.63, 3.8) is 0 Å². The van der Waals surface area contributed by atoms with Crippen molar-refractivity contribution in [2.75, 3.05) is 14.2 Å². The molecule has 1 aromatic carbocycles. The van der Waals surface area contributed by atoms with E-state index in [9.17, 15) is 9.59 Å². The van der Waals surface area contributed by atoms with Crippen molar-refractivity contribution in [3.8, 4) is 11.5 Å². The number of methoxy groups -OCH3 is 2. The van der Waals surface area contributed by atoms with E-state index in [0.717, 1.165) is 6.29 Å². The number of carbonyl (C=O) groups is 2. The molecule has 1 rings (SSSR count). The molecule has 0 unspecified atom stereocenters. The summed E-state index contributed by atoms with van der Waals surface area (Å²) in [6.45, 7) is 5.31. The van der Waals surface area contributed by atoms with Gasteiger partial charge in [-0.1, -0.05) is 15.9 Å². The van der Waals surface area contributed by atoms with Gasteiger partial charge >= 0.3 is 6.09 Å². The zero-order chi connectivity index (χ0) is 17.6. The van der Waals surface area contributed by atoms with Crippen molar-refractivity contribution >= 4 is 28.3 Å². The summed E-state index contributed by atoms with van der Waals surface area (Å²) in [6.07, 6.45) is 0.254. The first-order chi connectivity index (χ1) is 10.7. The van der Waals surface area contributed by atoms with Gasteiger partial charge in [0.2, 0.25) is 0 Å². The van der Waals surface area contributed by atoms with Gasteiger partial charge in [-0.3, -0.25) is 0 Å². The van der Waals surface area contributed by atoms with Gasteiger partial charge in [-0.25, -0.2) is 4.79 Å². The molecule has 0 aromatic heterocycles. The van der Waals surface area contributed by atoms with Gasteiger partial charge in [0, 0.05) is 10.9 Å². The molecule has 1 aromatic rings. The first-order valence-electron chi connectivity index (χ1n) is 7.06. The fourth-order valence-corrected chi connectivity index (χ4v) is 2.55. The lowest BCUT2D eigenvalue weighted by molar-refractivity contribution is -0.108. The maximum absolute atomic E-state index is 12.0. The number of alkyl carbamates (subject to hydrolysis) is 1. The Morgan fingerprint density at radius 3 is 2.30 bits per heavy atom. The highest BCUT2D eigenvalue weighted by Gasteiger charge is 2.23. The first kappa shape index (κ1) is 19.3. The molecule has 1 N–H and O–H groups in total. The van der Waals surface area contributed by atoms with Crippen molar-refractivity contribution in [1.82, 2.24) is 5.32 Å². The van der Waals surface area contributed by atoms with Crippen LogP contribution in [0.4, 0.5) is 4.79 Å². The Morgan fingerprint density at radius 2 is 1.83 bits per heavy atom. The molecule has 0 spiro atoms. The largest absolute Gasteiger partial charge is 0.493 e. The molecule has 0 fully saturated rings. The molecule has 23 heavy (non-hydrogen) atoms. The third kappa shape index (κ3) is 5.74. The molecule has 0 aliphatic rings. The Kier molecular flexibility index (Phi) is 6.87. The number of carbonyl (C=O) groups excluding carboxylic acids is 2. The Labute approximate surface area is 144 Å². The van der Waals surface area contributed by atoms with Gasteiger partial charge in [-0.2, -0.15) is 0 Å². The minimum absolute atomic E-state index is 0.104. The van der Waals surface area contributed by atoms with E-state index in [1.54, 1.807) is 32.9 Å². The number of ether oxygens (including phenoxy) is 3. The van der Waals surface area contributed by atoms with E-state index in [1.165, 1.54) is 14.2 Å². The van der Waals surface area contributed by atoms with E-state index in [4.69, 9.17) is 14.2 Å². The van der Waals surface area contributed by atoms with Crippen LogP contribution < -0.4 is 14.8 Å². The van der Waals surface area contributed by atoms with Crippen LogP contribution in [0.25, 0.3) is 0 Å². The van der Waals surface area contributed by atoms with E-state index < -0.39 is 17.7 Å². The molecule has 1 amide bonds. The fourth-order valence-electron chi connectivity index (χ4n) is 1.95. The fraction of sp³-hybridized carbons (Fsp3) is 0.500. The van der Waals surface area contributed by atoms with Crippen LogP contribution in [0, 0.1) is 0 Å². The van der Waals surface area contributed by atoms with E-state index in [2.05, 4.69) is 21.2 Å². The standard InChI is InChI=1S/C16H22BrNO5/c1-16(2,3)23-15(20)18-12(6-7-19)10-8-13(21-4)14(22-5)9-11(10)17/h7-9,12H,6H2,1-5H3,(H,18,20)/t12-/m0/s1. The molecule has 0 aliphatic heterocycles. The SMILES string of the molecule is COc1cc(Br)c([C@H](CC=O)NC(=O)OC(C)(C)C)cc1OC. The van der Waals surface area contributed by atoms with Crippen LogP contribution >= 0.6 is 15.9 Å². The highest BCUT2D eigenvalue weighted by atomic mass is 79.9. The predicted molar refractivity (Wildman–Crippen MR) is 90.0 cm³/mol. The Balaban J connectivity index is 3.10. The van der Waals surface area contributed by atoms with E-state index in [-0.39, 0.29) is 6.42 Å². The second-order valence-corrected chi connectivity index (χ2v) is 6.68. The number of nitrogens with one attached hydrogen (secondary N) is 1. The number of amides is 1. The molecule has 0 radical (unpaired) electrons. The van der Waals surface area contributed by atoms with Crippen LogP contribution in [0.1, 0.15) is 38.8 Å². The molecule has 0 saturated carbocycles. The van der Waals surface area contributed by atoms with Crippen LogP contribution in [-0.2, 0) is 9.53 Å². The summed E-state index contributed by atoms with van der Waals surface area (Å²) in [7, 11) is 3.05. The Morgan fingerprint density at radius 1 is 1.26 bits per heavy atom. The lowest BCUT2D eigenvalue weighted by atomic mass is 10.0. The first-order valence-corrected chi connectivity index (χ1v) is 7.85. The highest BCUT2D eigenvalue weighted by molar-refractivity contribution is 9.10. The Hall–Kier alpha value is -1.76. The van der Waals surface area contributed by atoms with Gasteiger partial charge in [0.25, 0.3) is 0 Å². The Bertz CT molecular complexity index is 568. The minimum atomic E-state index is -0.620. The summed E-state index contributed by atoms with van der Waals surface area (Å²) in [5, 5.41) is 2.70.